The second-order valence-corrected chi connectivity index (χ2v) is 8.66. The van der Waals surface area contributed by atoms with Gasteiger partial charge in [0.2, 0.25) is 0 Å². The average Bonchev–Trinajstić information content (AvgIpc) is 2.99. The van der Waals surface area contributed by atoms with E-state index in [-0.39, 0.29) is 6.61 Å². The van der Waals surface area contributed by atoms with Crippen LogP contribution < -0.4 is 15.5 Å². The maximum Gasteiger partial charge on any atom is 0.499 e. The average molecular weight is 439 g/mol. The Kier molecular flexibility index (Phi) is 7.58. The molecule has 1 aliphatic heterocycles. The monoisotopic (exact) mass is 439 g/mol. The Balaban J connectivity index is 1.51. The van der Waals surface area contributed by atoms with E-state index < -0.39 is 24.4 Å². The molecule has 8 heteroatoms. The molecule has 1 fully saturated rings. The molecule has 0 unspecified atom stereocenters. The van der Waals surface area contributed by atoms with Gasteiger partial charge in [0, 0.05) is 17.6 Å². The number of carbonyl (C=O) groups is 2. The third-order valence-corrected chi connectivity index (χ3v) is 5.78. The quantitative estimate of drug-likeness (QED) is 0.366. The van der Waals surface area contributed by atoms with E-state index in [0.29, 0.717) is 36.3 Å². The van der Waals surface area contributed by atoms with Crippen molar-refractivity contribution in [3.8, 4) is 5.75 Å². The fourth-order valence-electron chi connectivity index (χ4n) is 3.22. The molecule has 0 spiro atoms. The Morgan fingerprint density at radius 2 is 1.72 bits per heavy atom. The smallest absolute Gasteiger partial charge is 0.494 e. The molecule has 1 N–H and O–H groups in total. The van der Waals surface area contributed by atoms with Crippen molar-refractivity contribution in [1.29, 1.82) is 0 Å². The number of amides is 1. The molecule has 1 aliphatic rings. The molecule has 1 saturated heterocycles. The van der Waals surface area contributed by atoms with Gasteiger partial charge in [0.05, 0.1) is 17.8 Å². The molecule has 2 aromatic rings. The summed E-state index contributed by atoms with van der Waals surface area (Å²) in [6.07, 6.45) is 0.862. The van der Waals surface area contributed by atoms with Crippen molar-refractivity contribution >= 4 is 25.0 Å². The van der Waals surface area contributed by atoms with Crippen molar-refractivity contribution in [3.63, 3.8) is 0 Å². The number of hydrogen-bond donors (Lipinski definition) is 1. The van der Waals surface area contributed by atoms with Gasteiger partial charge in [0.1, 0.15) is 18.6 Å². The van der Waals surface area contributed by atoms with Gasteiger partial charge < -0.3 is 24.1 Å². The fourth-order valence-corrected chi connectivity index (χ4v) is 3.22. The van der Waals surface area contributed by atoms with Crippen molar-refractivity contribution in [2.24, 2.45) is 0 Å². The van der Waals surface area contributed by atoms with E-state index in [1.165, 1.54) is 0 Å². The van der Waals surface area contributed by atoms with E-state index in [9.17, 15) is 9.59 Å². The van der Waals surface area contributed by atoms with Gasteiger partial charge in [-0.2, -0.15) is 0 Å². The van der Waals surface area contributed by atoms with Gasteiger partial charge in [0.25, 0.3) is 0 Å². The first kappa shape index (κ1) is 23.8. The Hall–Kier alpha value is -2.84. The molecule has 0 atom stereocenters. The van der Waals surface area contributed by atoms with Crippen LogP contribution in [0.1, 0.15) is 50.0 Å². The van der Waals surface area contributed by atoms with Crippen molar-refractivity contribution in [2.45, 2.75) is 51.9 Å². The summed E-state index contributed by atoms with van der Waals surface area (Å²) in [6.45, 7) is 8.79. The zero-order valence-corrected chi connectivity index (χ0v) is 19.1. The number of hydrogen-bond acceptors (Lipinski definition) is 6. The lowest BCUT2D eigenvalue weighted by molar-refractivity contribution is 0.00578. The van der Waals surface area contributed by atoms with E-state index in [0.717, 1.165) is 11.8 Å². The largest absolute Gasteiger partial charge is 0.499 e. The van der Waals surface area contributed by atoms with Crippen molar-refractivity contribution in [2.75, 3.05) is 13.2 Å². The van der Waals surface area contributed by atoms with Crippen LogP contribution in [0.3, 0.4) is 0 Å². The third-order valence-electron chi connectivity index (χ3n) is 5.78. The summed E-state index contributed by atoms with van der Waals surface area (Å²) < 4.78 is 23.4. The van der Waals surface area contributed by atoms with Gasteiger partial charge in [0.15, 0.2) is 0 Å². The Morgan fingerprint density at radius 3 is 2.38 bits per heavy atom. The third kappa shape index (κ3) is 5.69. The number of rotatable bonds is 9. The highest BCUT2D eigenvalue weighted by Crippen LogP contribution is 2.37. The number of benzene rings is 2. The molecule has 32 heavy (non-hydrogen) atoms. The molecule has 0 aromatic heterocycles. The summed E-state index contributed by atoms with van der Waals surface area (Å²) in [5.74, 6) is 0.528. The lowest BCUT2D eigenvalue weighted by Gasteiger charge is -2.32. The summed E-state index contributed by atoms with van der Waals surface area (Å²) in [5, 5.41) is 2.71. The van der Waals surface area contributed by atoms with Crippen LogP contribution in [0.5, 0.6) is 5.75 Å². The summed E-state index contributed by atoms with van der Waals surface area (Å²) in [4.78, 5) is 23.5. The first-order chi connectivity index (χ1) is 15.2. The lowest BCUT2D eigenvalue weighted by atomic mass is 9.75. The highest BCUT2D eigenvalue weighted by atomic mass is 16.7. The lowest BCUT2D eigenvalue weighted by Crippen LogP contribution is -2.41. The van der Waals surface area contributed by atoms with Gasteiger partial charge >= 0.3 is 13.2 Å². The summed E-state index contributed by atoms with van der Waals surface area (Å²) in [7, 11) is -0.706. The SMILES string of the molecule is CC1(C)OB(c2c(C=O)cccc2OCCCNC(=O)OCc2ccccc2)OC1(C)C. The first-order valence-corrected chi connectivity index (χ1v) is 10.7. The molecule has 3 rings (SSSR count). The number of aldehydes is 1. The van der Waals surface area contributed by atoms with E-state index in [4.69, 9.17) is 18.8 Å². The summed E-state index contributed by atoms with van der Waals surface area (Å²) in [5.41, 5.74) is 0.903. The van der Waals surface area contributed by atoms with Gasteiger partial charge in [-0.15, -0.1) is 0 Å². The fraction of sp³-hybridized carbons (Fsp3) is 0.417. The molecular formula is C24H30BNO6. The van der Waals surface area contributed by atoms with Crippen molar-refractivity contribution in [3.05, 3.63) is 59.7 Å². The molecule has 0 saturated carbocycles. The number of ether oxygens (including phenoxy) is 2. The minimum atomic E-state index is -0.706. The zero-order chi connectivity index (χ0) is 23.2. The second-order valence-electron chi connectivity index (χ2n) is 8.66. The van der Waals surface area contributed by atoms with E-state index in [1.807, 2.05) is 58.0 Å². The molecule has 1 amide bonds. The van der Waals surface area contributed by atoms with Gasteiger partial charge in [-0.25, -0.2) is 4.79 Å². The minimum Gasteiger partial charge on any atom is -0.494 e. The van der Waals surface area contributed by atoms with Crippen LogP contribution in [0.2, 0.25) is 0 Å². The number of carbonyl (C=O) groups excluding carboxylic acids is 2. The van der Waals surface area contributed by atoms with Crippen LogP contribution in [0.25, 0.3) is 0 Å². The van der Waals surface area contributed by atoms with Crippen molar-refractivity contribution in [1.82, 2.24) is 5.32 Å². The molecule has 0 bridgehead atoms. The molecule has 0 radical (unpaired) electrons. The number of alkyl carbamates (subject to hydrolysis) is 1. The molecule has 1 heterocycles. The molecular weight excluding hydrogens is 409 g/mol. The Morgan fingerprint density at radius 1 is 1.03 bits per heavy atom. The maximum absolute atomic E-state index is 11.8. The highest BCUT2D eigenvalue weighted by Gasteiger charge is 2.53. The van der Waals surface area contributed by atoms with Crippen LogP contribution in [-0.4, -0.2) is 43.9 Å². The molecule has 170 valence electrons. The van der Waals surface area contributed by atoms with Crippen LogP contribution in [0.4, 0.5) is 4.79 Å². The van der Waals surface area contributed by atoms with Crippen LogP contribution >= 0.6 is 0 Å². The Bertz CT molecular complexity index is 915. The normalized spacial score (nSPS) is 16.4. The van der Waals surface area contributed by atoms with E-state index in [2.05, 4.69) is 5.32 Å². The van der Waals surface area contributed by atoms with E-state index in [1.54, 1.807) is 18.2 Å². The van der Waals surface area contributed by atoms with E-state index >= 15 is 0 Å². The van der Waals surface area contributed by atoms with Gasteiger partial charge in [-0.3, -0.25) is 4.79 Å². The predicted octanol–water partition coefficient (Wildman–Crippen LogP) is 3.49. The Labute approximate surface area is 189 Å². The number of nitrogens with one attached hydrogen (secondary N) is 1. The minimum absolute atomic E-state index is 0.221. The van der Waals surface area contributed by atoms with Crippen molar-refractivity contribution < 1.29 is 28.4 Å². The van der Waals surface area contributed by atoms with Crippen LogP contribution in [-0.2, 0) is 20.7 Å². The second kappa shape index (κ2) is 10.2. The highest BCUT2D eigenvalue weighted by molar-refractivity contribution is 6.64. The molecule has 2 aromatic carbocycles. The first-order valence-electron chi connectivity index (χ1n) is 10.7. The van der Waals surface area contributed by atoms with Gasteiger partial charge in [-0.05, 0) is 45.7 Å². The predicted molar refractivity (Wildman–Crippen MR) is 122 cm³/mol. The summed E-state index contributed by atoms with van der Waals surface area (Å²) >= 11 is 0. The zero-order valence-electron chi connectivity index (χ0n) is 19.1. The topological polar surface area (TPSA) is 83.1 Å². The standard InChI is InChI=1S/C24H30BNO6/c1-23(2)24(3,4)32-25(31-23)21-19(16-27)12-8-13-20(21)29-15-9-14-26-22(28)30-17-18-10-6-5-7-11-18/h5-8,10-13,16H,9,14-15,17H2,1-4H3,(H,26,28). The molecule has 0 aliphatic carbocycles. The maximum atomic E-state index is 11.8. The van der Waals surface area contributed by atoms with Crippen LogP contribution in [0.15, 0.2) is 48.5 Å². The van der Waals surface area contributed by atoms with Crippen LogP contribution in [0, 0.1) is 0 Å². The van der Waals surface area contributed by atoms with Gasteiger partial charge in [-0.1, -0.05) is 42.5 Å². The summed E-state index contributed by atoms with van der Waals surface area (Å²) in [6, 6.07) is 14.7. The molecule has 7 nitrogen and oxygen atoms in total.